The van der Waals surface area contributed by atoms with E-state index in [2.05, 4.69) is 10.3 Å². The van der Waals surface area contributed by atoms with Crippen molar-refractivity contribution in [2.45, 2.75) is 19.4 Å². The first-order chi connectivity index (χ1) is 7.40. The maximum atomic E-state index is 11.2. The van der Waals surface area contributed by atoms with Crippen LogP contribution in [0.5, 0.6) is 0 Å². The van der Waals surface area contributed by atoms with Crippen LogP contribution in [0.1, 0.15) is 11.3 Å². The number of aromatic nitrogens is 1. The number of likely N-dealkylation sites (N-methyl/N-ethyl adjacent to an activating group) is 1. The molecule has 0 radical (unpaired) electrons. The Morgan fingerprint density at radius 2 is 2.12 bits per heavy atom. The van der Waals surface area contributed by atoms with Crippen LogP contribution in [0, 0.1) is 6.92 Å². The van der Waals surface area contributed by atoms with Crippen molar-refractivity contribution in [3.8, 4) is 0 Å². The molecule has 5 heteroatoms. The molecule has 0 spiro atoms. The summed E-state index contributed by atoms with van der Waals surface area (Å²) in [5, 5.41) is 3.00. The van der Waals surface area contributed by atoms with Gasteiger partial charge in [-0.15, -0.1) is 0 Å². The summed E-state index contributed by atoms with van der Waals surface area (Å²) in [7, 11) is -1.19. The molecule has 1 heterocycles. The lowest BCUT2D eigenvalue weighted by Gasteiger charge is -2.14. The molecule has 16 heavy (non-hydrogen) atoms. The van der Waals surface area contributed by atoms with Crippen molar-refractivity contribution in [3.05, 3.63) is 29.6 Å². The molecule has 0 aliphatic rings. The molecule has 0 bridgehead atoms. The molecular weight excluding hydrogens is 224 g/mol. The third-order valence-corrected chi connectivity index (χ3v) is 3.35. The van der Waals surface area contributed by atoms with Crippen molar-refractivity contribution >= 4 is 9.84 Å². The number of rotatable bonds is 5. The van der Waals surface area contributed by atoms with Crippen molar-refractivity contribution in [2.24, 2.45) is 0 Å². The molecule has 0 saturated heterocycles. The van der Waals surface area contributed by atoms with Gasteiger partial charge < -0.3 is 5.32 Å². The van der Waals surface area contributed by atoms with Crippen LogP contribution in [-0.4, -0.2) is 38.5 Å². The normalized spacial score (nSPS) is 13.7. The maximum Gasteiger partial charge on any atom is 0.148 e. The van der Waals surface area contributed by atoms with Crippen LogP contribution in [0.2, 0.25) is 0 Å². The van der Waals surface area contributed by atoms with E-state index in [1.165, 1.54) is 6.26 Å². The highest BCUT2D eigenvalue weighted by atomic mass is 32.2. The molecular formula is C11H18N2O2S. The first-order valence-corrected chi connectivity index (χ1v) is 7.23. The molecule has 0 aliphatic heterocycles. The van der Waals surface area contributed by atoms with Crippen LogP contribution >= 0.6 is 0 Å². The molecule has 0 amide bonds. The standard InChI is InChI=1S/C11H18N2O2S/c1-9-4-5-10(13-7-9)6-11(12-2)8-16(3,14)15/h4-5,7,11-12H,6,8H2,1-3H3. The number of nitrogens with one attached hydrogen (secondary N) is 1. The zero-order chi connectivity index (χ0) is 12.2. The van der Waals surface area contributed by atoms with Crippen molar-refractivity contribution < 1.29 is 8.42 Å². The lowest BCUT2D eigenvalue weighted by molar-refractivity contribution is 0.563. The van der Waals surface area contributed by atoms with E-state index in [9.17, 15) is 8.42 Å². The van der Waals surface area contributed by atoms with E-state index >= 15 is 0 Å². The quantitative estimate of drug-likeness (QED) is 0.820. The Morgan fingerprint density at radius 3 is 2.56 bits per heavy atom. The van der Waals surface area contributed by atoms with Gasteiger partial charge in [-0.25, -0.2) is 8.42 Å². The molecule has 1 unspecified atom stereocenters. The Balaban J connectivity index is 2.67. The van der Waals surface area contributed by atoms with E-state index in [1.807, 2.05) is 19.1 Å². The van der Waals surface area contributed by atoms with Crippen molar-refractivity contribution in [2.75, 3.05) is 19.1 Å². The van der Waals surface area contributed by atoms with E-state index < -0.39 is 9.84 Å². The molecule has 4 nitrogen and oxygen atoms in total. The molecule has 0 saturated carbocycles. The number of hydrogen-bond acceptors (Lipinski definition) is 4. The summed E-state index contributed by atoms with van der Waals surface area (Å²) >= 11 is 0. The van der Waals surface area contributed by atoms with Crippen molar-refractivity contribution in [1.29, 1.82) is 0 Å². The number of sulfone groups is 1. The van der Waals surface area contributed by atoms with Crippen LogP contribution in [0.3, 0.4) is 0 Å². The van der Waals surface area contributed by atoms with Gasteiger partial charge in [0.05, 0.1) is 5.75 Å². The molecule has 1 aromatic heterocycles. The van der Waals surface area contributed by atoms with Gasteiger partial charge in [-0.2, -0.15) is 0 Å². The van der Waals surface area contributed by atoms with Crippen LogP contribution < -0.4 is 5.32 Å². The summed E-state index contributed by atoms with van der Waals surface area (Å²) in [6.45, 7) is 1.98. The fourth-order valence-corrected chi connectivity index (χ4v) is 2.50. The SMILES string of the molecule is CNC(Cc1ccc(C)cn1)CS(C)(=O)=O. The summed E-state index contributed by atoms with van der Waals surface area (Å²) in [6, 6.07) is 3.84. The van der Waals surface area contributed by atoms with Gasteiger partial charge in [0.15, 0.2) is 0 Å². The predicted molar refractivity (Wildman–Crippen MR) is 65.2 cm³/mol. The van der Waals surface area contributed by atoms with E-state index in [4.69, 9.17) is 0 Å². The number of pyridine rings is 1. The molecule has 1 N–H and O–H groups in total. The minimum absolute atomic E-state index is 0.0785. The fraction of sp³-hybridized carbons (Fsp3) is 0.545. The molecule has 1 atom stereocenters. The third-order valence-electron chi connectivity index (χ3n) is 2.34. The number of nitrogens with zero attached hydrogens (tertiary/aromatic N) is 1. The minimum Gasteiger partial charge on any atom is -0.316 e. The first-order valence-electron chi connectivity index (χ1n) is 5.17. The Bertz CT molecular complexity index is 426. The second-order valence-corrected chi connectivity index (χ2v) is 6.29. The Hall–Kier alpha value is -0.940. The van der Waals surface area contributed by atoms with Crippen molar-refractivity contribution in [3.63, 3.8) is 0 Å². The molecule has 0 aromatic carbocycles. The average molecular weight is 242 g/mol. The van der Waals surface area contributed by atoms with Crippen LogP contribution in [0.25, 0.3) is 0 Å². The Morgan fingerprint density at radius 1 is 1.44 bits per heavy atom. The first kappa shape index (κ1) is 13.1. The van der Waals surface area contributed by atoms with E-state index in [0.717, 1.165) is 11.3 Å². The second kappa shape index (κ2) is 5.41. The largest absolute Gasteiger partial charge is 0.316 e. The summed E-state index contributed by atoms with van der Waals surface area (Å²) in [4.78, 5) is 4.26. The summed E-state index contributed by atoms with van der Waals surface area (Å²) in [6.07, 6.45) is 3.67. The van der Waals surface area contributed by atoms with Gasteiger partial charge in [-0.3, -0.25) is 4.98 Å². The minimum atomic E-state index is -2.95. The van der Waals surface area contributed by atoms with Crippen LogP contribution in [-0.2, 0) is 16.3 Å². The predicted octanol–water partition coefficient (Wildman–Crippen LogP) is 0.565. The zero-order valence-electron chi connectivity index (χ0n) is 9.90. The topological polar surface area (TPSA) is 59.1 Å². The van der Waals surface area contributed by atoms with Gasteiger partial charge in [0.1, 0.15) is 9.84 Å². The lowest BCUT2D eigenvalue weighted by atomic mass is 10.1. The zero-order valence-corrected chi connectivity index (χ0v) is 10.7. The monoisotopic (exact) mass is 242 g/mol. The van der Waals surface area contributed by atoms with Gasteiger partial charge in [-0.05, 0) is 25.6 Å². The molecule has 0 aliphatic carbocycles. The fourth-order valence-electron chi connectivity index (χ4n) is 1.48. The number of hydrogen-bond donors (Lipinski definition) is 1. The van der Waals surface area contributed by atoms with Crippen LogP contribution in [0.4, 0.5) is 0 Å². The Kier molecular flexibility index (Phi) is 4.44. The van der Waals surface area contributed by atoms with Gasteiger partial charge in [0, 0.05) is 30.6 Å². The highest BCUT2D eigenvalue weighted by Crippen LogP contribution is 2.03. The second-order valence-electron chi connectivity index (χ2n) is 4.11. The van der Waals surface area contributed by atoms with E-state index in [1.54, 1.807) is 13.2 Å². The summed E-state index contributed by atoms with van der Waals surface area (Å²) in [5.74, 6) is 0.138. The molecule has 90 valence electrons. The van der Waals surface area contributed by atoms with Crippen molar-refractivity contribution in [1.82, 2.24) is 10.3 Å². The highest BCUT2D eigenvalue weighted by Gasteiger charge is 2.14. The molecule has 0 fully saturated rings. The summed E-state index contributed by atoms with van der Waals surface area (Å²) < 4.78 is 22.4. The smallest absolute Gasteiger partial charge is 0.148 e. The average Bonchev–Trinajstić information content (AvgIpc) is 2.18. The molecule has 1 rings (SSSR count). The van der Waals surface area contributed by atoms with E-state index in [-0.39, 0.29) is 11.8 Å². The van der Waals surface area contributed by atoms with Gasteiger partial charge in [0.25, 0.3) is 0 Å². The van der Waals surface area contributed by atoms with Gasteiger partial charge in [0.2, 0.25) is 0 Å². The summed E-state index contributed by atoms with van der Waals surface area (Å²) in [5.41, 5.74) is 2.02. The third kappa shape index (κ3) is 4.72. The molecule has 1 aromatic rings. The van der Waals surface area contributed by atoms with Gasteiger partial charge in [-0.1, -0.05) is 6.07 Å². The van der Waals surface area contributed by atoms with Gasteiger partial charge >= 0.3 is 0 Å². The maximum absolute atomic E-state index is 11.2. The van der Waals surface area contributed by atoms with Crippen LogP contribution in [0.15, 0.2) is 18.3 Å². The lowest BCUT2D eigenvalue weighted by Crippen LogP contribution is -2.34. The van der Waals surface area contributed by atoms with E-state index in [0.29, 0.717) is 6.42 Å². The Labute approximate surface area is 97.0 Å². The highest BCUT2D eigenvalue weighted by molar-refractivity contribution is 7.90. The number of aryl methyl sites for hydroxylation is 1.